The molecule has 1 fully saturated rings. The Morgan fingerprint density at radius 1 is 1.55 bits per heavy atom. The zero-order chi connectivity index (χ0) is 8.59. The number of carbonyl (C=O) groups excluding carboxylic acids is 1. The van der Waals surface area contributed by atoms with E-state index in [1.807, 2.05) is 6.92 Å². The van der Waals surface area contributed by atoms with Gasteiger partial charge in [-0.15, -0.1) is 0 Å². The van der Waals surface area contributed by atoms with Crippen LogP contribution in [0.3, 0.4) is 0 Å². The van der Waals surface area contributed by atoms with Crippen molar-refractivity contribution in [3.8, 4) is 0 Å². The third-order valence-electron chi connectivity index (χ3n) is 2.08. The molecule has 1 rings (SSSR count). The molecule has 5 nitrogen and oxygen atoms in total. The molecule has 1 atom stereocenters. The molecule has 2 amide bonds. The van der Waals surface area contributed by atoms with Crippen LogP contribution in [0.2, 0.25) is 0 Å². The number of carbonyl (C=O) groups is 1. The second-order valence-corrected chi connectivity index (χ2v) is 2.70. The minimum Gasteiger partial charge on any atom is -0.308 e. The quantitative estimate of drug-likeness (QED) is 0.425. The Balaban J connectivity index is 2.77. The average Bonchev–Trinajstić information content (AvgIpc) is 2.17. The van der Waals surface area contributed by atoms with Gasteiger partial charge in [0.15, 0.2) is 0 Å². The predicted molar refractivity (Wildman–Crippen MR) is 41.0 cm³/mol. The highest BCUT2D eigenvalue weighted by Gasteiger charge is 2.36. The summed E-state index contributed by atoms with van der Waals surface area (Å²) in [7, 11) is 3.55. The van der Waals surface area contributed by atoms with Crippen molar-refractivity contribution >= 4 is 6.03 Å². The minimum absolute atomic E-state index is 0.104. The predicted octanol–water partition coefficient (Wildman–Crippen LogP) is -0.190. The molecule has 0 aliphatic carbocycles. The number of hydrogen-bond acceptors (Lipinski definition) is 3. The number of rotatable bonds is 1. The first-order valence-electron chi connectivity index (χ1n) is 3.64. The normalized spacial score (nSPS) is 26.9. The second kappa shape index (κ2) is 2.67. The largest absolute Gasteiger partial charge is 0.350 e. The van der Waals surface area contributed by atoms with Gasteiger partial charge in [-0.05, 0) is 6.42 Å². The summed E-state index contributed by atoms with van der Waals surface area (Å²) in [5.74, 6) is 5.45. The first-order chi connectivity index (χ1) is 5.09. The molecule has 0 radical (unpaired) electrons. The molecular formula is C6H14N4O. The summed E-state index contributed by atoms with van der Waals surface area (Å²) < 4.78 is 0. The van der Waals surface area contributed by atoms with Crippen molar-refractivity contribution < 1.29 is 4.79 Å². The highest BCUT2D eigenvalue weighted by molar-refractivity contribution is 5.75. The van der Waals surface area contributed by atoms with Gasteiger partial charge in [-0.3, -0.25) is 0 Å². The molecule has 1 saturated heterocycles. The molecule has 64 valence electrons. The maximum absolute atomic E-state index is 11.2. The van der Waals surface area contributed by atoms with Crippen LogP contribution < -0.4 is 5.84 Å². The fraction of sp³-hybridized carbons (Fsp3) is 0.833. The van der Waals surface area contributed by atoms with E-state index in [1.165, 1.54) is 0 Å². The molecule has 0 bridgehead atoms. The van der Waals surface area contributed by atoms with Gasteiger partial charge in [0.05, 0.1) is 0 Å². The number of amides is 2. The molecule has 1 unspecified atom stereocenters. The summed E-state index contributed by atoms with van der Waals surface area (Å²) in [5, 5.41) is 2.86. The lowest BCUT2D eigenvalue weighted by Crippen LogP contribution is -2.43. The zero-order valence-corrected chi connectivity index (χ0v) is 7.11. The van der Waals surface area contributed by atoms with Gasteiger partial charge < -0.3 is 4.90 Å². The van der Waals surface area contributed by atoms with Crippen LogP contribution in [0.15, 0.2) is 0 Å². The lowest BCUT2D eigenvalue weighted by molar-refractivity contribution is 0.0342. The van der Waals surface area contributed by atoms with Crippen molar-refractivity contribution in [3.63, 3.8) is 0 Å². The third kappa shape index (κ3) is 1.06. The standard InChI is InChI=1S/C6H14N4O/c1-4-5-8(2)6(11)10(7)9(5)3/h5H,4,7H2,1-3H3. The van der Waals surface area contributed by atoms with Crippen LogP contribution in [0.5, 0.6) is 0 Å². The molecule has 1 heterocycles. The Labute approximate surface area is 66.3 Å². The van der Waals surface area contributed by atoms with Crippen molar-refractivity contribution in [1.29, 1.82) is 0 Å². The smallest absolute Gasteiger partial charge is 0.308 e. The first-order valence-corrected chi connectivity index (χ1v) is 3.64. The van der Waals surface area contributed by atoms with E-state index in [-0.39, 0.29) is 12.2 Å². The van der Waals surface area contributed by atoms with E-state index in [1.54, 1.807) is 24.0 Å². The van der Waals surface area contributed by atoms with Crippen LogP contribution in [0.4, 0.5) is 4.79 Å². The van der Waals surface area contributed by atoms with E-state index in [9.17, 15) is 4.79 Å². The van der Waals surface area contributed by atoms with Crippen molar-refractivity contribution in [3.05, 3.63) is 0 Å². The van der Waals surface area contributed by atoms with Gasteiger partial charge in [-0.1, -0.05) is 6.92 Å². The lowest BCUT2D eigenvalue weighted by atomic mass is 10.3. The van der Waals surface area contributed by atoms with Crippen molar-refractivity contribution in [2.24, 2.45) is 5.84 Å². The summed E-state index contributed by atoms with van der Waals surface area (Å²) >= 11 is 0. The van der Waals surface area contributed by atoms with Crippen LogP contribution >= 0.6 is 0 Å². The van der Waals surface area contributed by atoms with E-state index in [4.69, 9.17) is 5.84 Å². The molecule has 0 aromatic rings. The second-order valence-electron chi connectivity index (χ2n) is 2.70. The Morgan fingerprint density at radius 2 is 2.09 bits per heavy atom. The van der Waals surface area contributed by atoms with Gasteiger partial charge in [0.1, 0.15) is 6.17 Å². The first kappa shape index (κ1) is 8.29. The average molecular weight is 158 g/mol. The monoisotopic (exact) mass is 158 g/mol. The molecule has 0 aromatic carbocycles. The Hall–Kier alpha value is -0.810. The van der Waals surface area contributed by atoms with Crippen LogP contribution in [0.1, 0.15) is 13.3 Å². The van der Waals surface area contributed by atoms with Gasteiger partial charge >= 0.3 is 6.03 Å². The SMILES string of the molecule is CCC1N(C)C(=O)N(N)N1C. The van der Waals surface area contributed by atoms with E-state index < -0.39 is 0 Å². The fourth-order valence-electron chi connectivity index (χ4n) is 1.36. The number of hydrogen-bond donors (Lipinski definition) is 1. The van der Waals surface area contributed by atoms with Crippen LogP contribution in [-0.4, -0.2) is 41.3 Å². The van der Waals surface area contributed by atoms with Crippen molar-refractivity contribution in [2.45, 2.75) is 19.5 Å². The van der Waals surface area contributed by atoms with Gasteiger partial charge in [-0.25, -0.2) is 10.6 Å². The van der Waals surface area contributed by atoms with Gasteiger partial charge in [-0.2, -0.15) is 10.1 Å². The molecule has 1 aliphatic heterocycles. The highest BCUT2D eigenvalue weighted by atomic mass is 16.2. The highest BCUT2D eigenvalue weighted by Crippen LogP contribution is 2.16. The van der Waals surface area contributed by atoms with Gasteiger partial charge in [0.2, 0.25) is 0 Å². The minimum atomic E-state index is -0.153. The molecular weight excluding hydrogens is 144 g/mol. The van der Waals surface area contributed by atoms with E-state index >= 15 is 0 Å². The molecule has 11 heavy (non-hydrogen) atoms. The molecule has 0 spiro atoms. The summed E-state index contributed by atoms with van der Waals surface area (Å²) in [4.78, 5) is 12.8. The fourth-order valence-corrected chi connectivity index (χ4v) is 1.36. The molecule has 0 aromatic heterocycles. The van der Waals surface area contributed by atoms with Gasteiger partial charge in [0.25, 0.3) is 0 Å². The van der Waals surface area contributed by atoms with Crippen molar-refractivity contribution in [1.82, 2.24) is 15.0 Å². The molecule has 5 heteroatoms. The van der Waals surface area contributed by atoms with Gasteiger partial charge in [0, 0.05) is 14.1 Å². The number of urea groups is 1. The van der Waals surface area contributed by atoms with E-state index in [2.05, 4.69) is 0 Å². The molecule has 0 saturated carbocycles. The Kier molecular flexibility index (Phi) is 2.01. The van der Waals surface area contributed by atoms with Crippen LogP contribution in [0.25, 0.3) is 0 Å². The number of hydrazine groups is 2. The van der Waals surface area contributed by atoms with Crippen LogP contribution in [-0.2, 0) is 0 Å². The van der Waals surface area contributed by atoms with Crippen LogP contribution in [0, 0.1) is 0 Å². The topological polar surface area (TPSA) is 52.8 Å². The summed E-state index contributed by atoms with van der Waals surface area (Å²) in [6.45, 7) is 2.02. The Morgan fingerprint density at radius 3 is 2.27 bits per heavy atom. The lowest BCUT2D eigenvalue weighted by Gasteiger charge is -2.22. The summed E-state index contributed by atoms with van der Waals surface area (Å²) in [6, 6.07) is -0.153. The summed E-state index contributed by atoms with van der Waals surface area (Å²) in [6.07, 6.45) is 0.986. The van der Waals surface area contributed by atoms with E-state index in [0.29, 0.717) is 0 Å². The number of nitrogens with two attached hydrogens (primary N) is 1. The number of nitrogens with zero attached hydrogens (tertiary/aromatic N) is 3. The summed E-state index contributed by atoms with van der Waals surface area (Å²) in [5.41, 5.74) is 0. The zero-order valence-electron chi connectivity index (χ0n) is 7.11. The maximum atomic E-state index is 11.2. The molecule has 1 aliphatic rings. The molecule has 2 N–H and O–H groups in total. The maximum Gasteiger partial charge on any atom is 0.350 e. The van der Waals surface area contributed by atoms with E-state index in [0.717, 1.165) is 11.5 Å². The third-order valence-corrected chi connectivity index (χ3v) is 2.08. The van der Waals surface area contributed by atoms with Crippen molar-refractivity contribution in [2.75, 3.05) is 14.1 Å². The Bertz CT molecular complexity index is 172.